The summed E-state index contributed by atoms with van der Waals surface area (Å²) >= 11 is 6.11. The Balaban J connectivity index is 2.07. The number of halogens is 1. The average Bonchev–Trinajstić information content (AvgIpc) is 2.83. The van der Waals surface area contributed by atoms with Gasteiger partial charge in [0.15, 0.2) is 0 Å². The molecule has 0 radical (unpaired) electrons. The highest BCUT2D eigenvalue weighted by atomic mass is 35.5. The third kappa shape index (κ3) is 2.24. The van der Waals surface area contributed by atoms with Gasteiger partial charge < -0.3 is 9.84 Å². The molecule has 1 aromatic rings. The summed E-state index contributed by atoms with van der Waals surface area (Å²) in [5.41, 5.74) is 1.80. The van der Waals surface area contributed by atoms with Gasteiger partial charge in [-0.05, 0) is 19.8 Å². The fourth-order valence-corrected chi connectivity index (χ4v) is 2.40. The van der Waals surface area contributed by atoms with Crippen molar-refractivity contribution in [3.05, 3.63) is 16.4 Å². The first-order chi connectivity index (χ1) is 7.59. The second-order valence-corrected chi connectivity index (χ2v) is 4.66. The van der Waals surface area contributed by atoms with Gasteiger partial charge in [0.25, 0.3) is 0 Å². The smallest absolute Gasteiger partial charge is 0.130 e. The third-order valence-electron chi connectivity index (χ3n) is 3.08. The van der Waals surface area contributed by atoms with Gasteiger partial charge in [0.1, 0.15) is 5.15 Å². The minimum Gasteiger partial charge on any atom is -0.390 e. The highest BCUT2D eigenvalue weighted by Gasteiger charge is 2.26. The van der Waals surface area contributed by atoms with Gasteiger partial charge in [-0.3, -0.25) is 4.68 Å². The highest BCUT2D eigenvalue weighted by Crippen LogP contribution is 2.24. The lowest BCUT2D eigenvalue weighted by molar-refractivity contribution is -0.000831. The van der Waals surface area contributed by atoms with Crippen LogP contribution in [0.4, 0.5) is 0 Å². The summed E-state index contributed by atoms with van der Waals surface area (Å²) in [6.07, 6.45) is 1.95. The maximum Gasteiger partial charge on any atom is 0.130 e. The van der Waals surface area contributed by atoms with Crippen LogP contribution in [0.25, 0.3) is 0 Å². The molecule has 90 valence electrons. The Morgan fingerprint density at radius 3 is 2.94 bits per heavy atom. The molecule has 2 rings (SSSR count). The number of aromatic nitrogens is 2. The Labute approximate surface area is 100 Å². The van der Waals surface area contributed by atoms with Crippen molar-refractivity contribution in [3.8, 4) is 0 Å². The zero-order valence-corrected chi connectivity index (χ0v) is 10.4. The van der Waals surface area contributed by atoms with E-state index in [-0.39, 0.29) is 6.10 Å². The quantitative estimate of drug-likeness (QED) is 0.876. The second kappa shape index (κ2) is 4.73. The van der Waals surface area contributed by atoms with E-state index in [1.165, 1.54) is 0 Å². The Kier molecular flexibility index (Phi) is 3.52. The number of aliphatic hydroxyl groups is 1. The Bertz CT molecular complexity index is 372. The molecule has 1 aliphatic rings. The third-order valence-corrected chi connectivity index (χ3v) is 3.55. The topological polar surface area (TPSA) is 47.3 Å². The molecule has 0 spiro atoms. The van der Waals surface area contributed by atoms with Crippen LogP contribution in [0.5, 0.6) is 0 Å². The fraction of sp³-hybridized carbons (Fsp3) is 0.727. The van der Waals surface area contributed by atoms with Crippen LogP contribution in [0.2, 0.25) is 5.15 Å². The van der Waals surface area contributed by atoms with E-state index < -0.39 is 6.10 Å². The number of hydrogen-bond donors (Lipinski definition) is 1. The lowest BCUT2D eigenvalue weighted by Crippen LogP contribution is -2.27. The maximum atomic E-state index is 10.0. The molecule has 1 fully saturated rings. The van der Waals surface area contributed by atoms with Crippen LogP contribution in [0, 0.1) is 6.92 Å². The molecular weight excluding hydrogens is 228 g/mol. The lowest BCUT2D eigenvalue weighted by Gasteiger charge is -2.17. The second-order valence-electron chi connectivity index (χ2n) is 4.30. The number of ether oxygens (including phenoxy) is 1. The molecule has 0 saturated carbocycles. The van der Waals surface area contributed by atoms with Crippen molar-refractivity contribution < 1.29 is 9.84 Å². The predicted octanol–water partition coefficient (Wildman–Crippen LogP) is 1.46. The van der Waals surface area contributed by atoms with Crippen LogP contribution in [-0.2, 0) is 18.2 Å². The van der Waals surface area contributed by atoms with E-state index in [2.05, 4.69) is 5.10 Å². The van der Waals surface area contributed by atoms with Crippen molar-refractivity contribution in [2.75, 3.05) is 6.61 Å². The molecule has 2 heterocycles. The Morgan fingerprint density at radius 1 is 1.69 bits per heavy atom. The molecule has 16 heavy (non-hydrogen) atoms. The summed E-state index contributed by atoms with van der Waals surface area (Å²) < 4.78 is 7.09. The molecule has 0 amide bonds. The molecular formula is C11H17ClN2O2. The molecule has 1 N–H and O–H groups in total. The van der Waals surface area contributed by atoms with Gasteiger partial charge in [-0.25, -0.2) is 0 Å². The molecule has 5 heteroatoms. The zero-order valence-electron chi connectivity index (χ0n) is 9.61. The van der Waals surface area contributed by atoms with Crippen molar-refractivity contribution in [3.63, 3.8) is 0 Å². The van der Waals surface area contributed by atoms with E-state index in [4.69, 9.17) is 16.3 Å². The predicted molar refractivity (Wildman–Crippen MR) is 61.6 cm³/mol. The molecule has 1 saturated heterocycles. The molecule has 1 aromatic heterocycles. The van der Waals surface area contributed by atoms with E-state index in [0.717, 1.165) is 30.7 Å². The number of aliphatic hydroxyl groups excluding tert-OH is 1. The van der Waals surface area contributed by atoms with Gasteiger partial charge in [0, 0.05) is 25.6 Å². The SMILES string of the molecule is Cc1nn(C)c(Cl)c1CC(O)C1CCCO1. The van der Waals surface area contributed by atoms with Gasteiger partial charge in [-0.15, -0.1) is 0 Å². The molecule has 0 aliphatic carbocycles. The van der Waals surface area contributed by atoms with Crippen LogP contribution in [0.1, 0.15) is 24.1 Å². The van der Waals surface area contributed by atoms with Gasteiger partial charge in [0.05, 0.1) is 17.9 Å². The number of hydrogen-bond acceptors (Lipinski definition) is 3. The van der Waals surface area contributed by atoms with Gasteiger partial charge >= 0.3 is 0 Å². The Hall–Kier alpha value is -0.580. The summed E-state index contributed by atoms with van der Waals surface area (Å²) in [7, 11) is 1.80. The van der Waals surface area contributed by atoms with Crippen LogP contribution in [0.15, 0.2) is 0 Å². The summed E-state index contributed by atoms with van der Waals surface area (Å²) in [6, 6.07) is 0. The zero-order chi connectivity index (χ0) is 11.7. The standard InChI is InChI=1S/C11H17ClN2O2/c1-7-8(11(12)14(2)13-7)6-9(15)10-4-3-5-16-10/h9-10,15H,3-6H2,1-2H3. The highest BCUT2D eigenvalue weighted by molar-refractivity contribution is 6.30. The molecule has 1 aliphatic heterocycles. The van der Waals surface area contributed by atoms with E-state index >= 15 is 0 Å². The van der Waals surface area contributed by atoms with Crippen LogP contribution in [-0.4, -0.2) is 33.7 Å². The van der Waals surface area contributed by atoms with E-state index in [9.17, 15) is 5.11 Å². The number of nitrogens with zero attached hydrogens (tertiary/aromatic N) is 2. The minimum absolute atomic E-state index is 0.0457. The van der Waals surface area contributed by atoms with E-state index in [0.29, 0.717) is 11.6 Å². The van der Waals surface area contributed by atoms with E-state index in [1.54, 1.807) is 11.7 Å². The minimum atomic E-state index is -0.483. The van der Waals surface area contributed by atoms with Crippen molar-refractivity contribution in [1.82, 2.24) is 9.78 Å². The van der Waals surface area contributed by atoms with Gasteiger partial charge in [0.2, 0.25) is 0 Å². The molecule has 0 aromatic carbocycles. The summed E-state index contributed by atoms with van der Waals surface area (Å²) in [5, 5.41) is 14.9. The number of rotatable bonds is 3. The molecule has 2 unspecified atom stereocenters. The normalized spacial score (nSPS) is 22.6. The average molecular weight is 245 g/mol. The monoisotopic (exact) mass is 244 g/mol. The van der Waals surface area contributed by atoms with Crippen molar-refractivity contribution in [1.29, 1.82) is 0 Å². The number of aryl methyl sites for hydroxylation is 2. The summed E-state index contributed by atoms with van der Waals surface area (Å²) in [4.78, 5) is 0. The first kappa shape index (κ1) is 11.9. The first-order valence-electron chi connectivity index (χ1n) is 5.57. The van der Waals surface area contributed by atoms with Crippen LogP contribution < -0.4 is 0 Å². The van der Waals surface area contributed by atoms with Crippen molar-refractivity contribution in [2.24, 2.45) is 7.05 Å². The largest absolute Gasteiger partial charge is 0.390 e. The Morgan fingerprint density at radius 2 is 2.44 bits per heavy atom. The van der Waals surface area contributed by atoms with Gasteiger partial charge in [-0.2, -0.15) is 5.10 Å². The summed E-state index contributed by atoms with van der Waals surface area (Å²) in [6.45, 7) is 2.66. The van der Waals surface area contributed by atoms with Crippen molar-refractivity contribution in [2.45, 2.75) is 38.4 Å². The maximum absolute atomic E-state index is 10.0. The molecule has 2 atom stereocenters. The molecule has 4 nitrogen and oxygen atoms in total. The van der Waals surface area contributed by atoms with Gasteiger partial charge in [-0.1, -0.05) is 11.6 Å². The van der Waals surface area contributed by atoms with Crippen LogP contribution >= 0.6 is 11.6 Å². The molecule has 0 bridgehead atoms. The van der Waals surface area contributed by atoms with Crippen molar-refractivity contribution >= 4 is 11.6 Å². The van der Waals surface area contributed by atoms with E-state index in [1.807, 2.05) is 6.92 Å². The summed E-state index contributed by atoms with van der Waals surface area (Å²) in [5.74, 6) is 0. The first-order valence-corrected chi connectivity index (χ1v) is 5.95. The lowest BCUT2D eigenvalue weighted by atomic mass is 10.0. The fourth-order valence-electron chi connectivity index (χ4n) is 2.15. The van der Waals surface area contributed by atoms with Crippen LogP contribution in [0.3, 0.4) is 0 Å².